The Balaban J connectivity index is 3.84. The molecule has 0 bridgehead atoms. The summed E-state index contributed by atoms with van der Waals surface area (Å²) < 4.78 is 0. The summed E-state index contributed by atoms with van der Waals surface area (Å²) in [5, 5.41) is 12.8. The van der Waals surface area contributed by atoms with Crippen LogP contribution in [-0.2, 0) is 14.4 Å². The molecule has 0 spiro atoms. The third kappa shape index (κ3) is 5.09. The Hall–Kier alpha value is -1.63. The summed E-state index contributed by atoms with van der Waals surface area (Å²) in [4.78, 5) is 31.9. The zero-order valence-electron chi connectivity index (χ0n) is 7.74. The molecule has 0 rings (SSSR count). The highest BCUT2D eigenvalue weighted by Gasteiger charge is 2.16. The van der Waals surface area contributed by atoms with Crippen LogP contribution in [0, 0.1) is 0 Å². The second-order valence-electron chi connectivity index (χ2n) is 2.60. The molecule has 0 aliphatic heterocycles. The van der Waals surface area contributed by atoms with Crippen molar-refractivity contribution in [2.75, 3.05) is 13.6 Å². The number of hydrogen-bond donors (Lipinski definition) is 4. The molecular formula is C7H13N3O4. The molecule has 0 fully saturated rings. The van der Waals surface area contributed by atoms with Gasteiger partial charge in [-0.05, 0) is 0 Å². The van der Waals surface area contributed by atoms with Gasteiger partial charge in [-0.2, -0.15) is 0 Å². The smallest absolute Gasteiger partial charge is 0.305 e. The monoisotopic (exact) mass is 203 g/mol. The molecule has 5 N–H and O–H groups in total. The molecule has 7 nitrogen and oxygen atoms in total. The van der Waals surface area contributed by atoms with Gasteiger partial charge in [-0.1, -0.05) is 0 Å². The van der Waals surface area contributed by atoms with E-state index in [0.717, 1.165) is 0 Å². The van der Waals surface area contributed by atoms with Gasteiger partial charge in [0, 0.05) is 7.05 Å². The summed E-state index contributed by atoms with van der Waals surface area (Å²) in [6, 6.07) is -1.13. The Bertz CT molecular complexity index is 241. The first-order valence-corrected chi connectivity index (χ1v) is 3.93. The van der Waals surface area contributed by atoms with E-state index in [0.29, 0.717) is 0 Å². The Labute approximate surface area is 80.6 Å². The number of carbonyl (C=O) groups excluding carboxylic acids is 2. The van der Waals surface area contributed by atoms with Gasteiger partial charge in [0.2, 0.25) is 11.8 Å². The molecule has 1 atom stereocenters. The van der Waals surface area contributed by atoms with E-state index < -0.39 is 24.3 Å². The van der Waals surface area contributed by atoms with Gasteiger partial charge in [0.25, 0.3) is 0 Å². The number of carboxylic acid groups (broad SMARTS) is 1. The van der Waals surface area contributed by atoms with Crippen molar-refractivity contribution in [3.05, 3.63) is 0 Å². The molecule has 80 valence electrons. The predicted octanol–water partition coefficient (Wildman–Crippen LogP) is -2.35. The van der Waals surface area contributed by atoms with E-state index in [1.54, 1.807) is 0 Å². The van der Waals surface area contributed by atoms with Crippen LogP contribution in [0.1, 0.15) is 6.42 Å². The predicted molar refractivity (Wildman–Crippen MR) is 47.3 cm³/mol. The molecule has 0 aromatic heterocycles. The maximum absolute atomic E-state index is 11.0. The van der Waals surface area contributed by atoms with Crippen molar-refractivity contribution >= 4 is 17.8 Å². The number of aliphatic carboxylic acids is 1. The van der Waals surface area contributed by atoms with Crippen LogP contribution in [0.5, 0.6) is 0 Å². The minimum absolute atomic E-state index is 0.206. The molecule has 0 aromatic carbocycles. The first kappa shape index (κ1) is 12.4. The zero-order chi connectivity index (χ0) is 11.1. The van der Waals surface area contributed by atoms with Crippen molar-refractivity contribution in [3.63, 3.8) is 0 Å². The number of carboxylic acids is 1. The largest absolute Gasteiger partial charge is 0.481 e. The van der Waals surface area contributed by atoms with Gasteiger partial charge < -0.3 is 21.5 Å². The average Bonchev–Trinajstić information content (AvgIpc) is 2.12. The lowest BCUT2D eigenvalue weighted by molar-refractivity contribution is -0.139. The normalized spacial score (nSPS) is 11.6. The fraction of sp³-hybridized carbons (Fsp3) is 0.571. The zero-order valence-corrected chi connectivity index (χ0v) is 7.74. The van der Waals surface area contributed by atoms with Crippen LogP contribution < -0.4 is 16.4 Å². The lowest BCUT2D eigenvalue weighted by Crippen LogP contribution is -2.45. The highest BCUT2D eigenvalue weighted by molar-refractivity contribution is 5.89. The van der Waals surface area contributed by atoms with Crippen LogP contribution in [0.2, 0.25) is 0 Å². The molecule has 0 aliphatic rings. The Morgan fingerprint density at radius 1 is 1.43 bits per heavy atom. The molecule has 0 aliphatic carbocycles. The Morgan fingerprint density at radius 3 is 2.43 bits per heavy atom. The van der Waals surface area contributed by atoms with Crippen molar-refractivity contribution in [1.29, 1.82) is 0 Å². The highest BCUT2D eigenvalue weighted by atomic mass is 16.4. The molecule has 0 heterocycles. The molecule has 14 heavy (non-hydrogen) atoms. The number of nitrogens with two attached hydrogens (primary N) is 1. The molecular weight excluding hydrogens is 190 g/mol. The van der Waals surface area contributed by atoms with E-state index >= 15 is 0 Å². The first-order chi connectivity index (χ1) is 6.47. The van der Waals surface area contributed by atoms with Crippen molar-refractivity contribution in [3.8, 4) is 0 Å². The topological polar surface area (TPSA) is 122 Å². The summed E-state index contributed by atoms with van der Waals surface area (Å²) in [5.74, 6) is -2.19. The number of rotatable bonds is 5. The SMILES string of the molecule is CNC(=O)CNC(=O)C(N)CC(=O)O. The van der Waals surface area contributed by atoms with Gasteiger partial charge in [0.15, 0.2) is 0 Å². The van der Waals surface area contributed by atoms with E-state index in [1.165, 1.54) is 7.05 Å². The molecule has 0 aromatic rings. The number of likely N-dealkylation sites (N-methyl/N-ethyl adjacent to an activating group) is 1. The second kappa shape index (κ2) is 5.92. The minimum Gasteiger partial charge on any atom is -0.481 e. The fourth-order valence-electron chi connectivity index (χ4n) is 0.668. The van der Waals surface area contributed by atoms with Crippen molar-refractivity contribution < 1.29 is 19.5 Å². The van der Waals surface area contributed by atoms with Gasteiger partial charge in [-0.3, -0.25) is 14.4 Å². The quantitative estimate of drug-likeness (QED) is 0.398. The van der Waals surface area contributed by atoms with E-state index in [1.807, 2.05) is 0 Å². The lowest BCUT2D eigenvalue weighted by Gasteiger charge is -2.08. The maximum Gasteiger partial charge on any atom is 0.305 e. The lowest BCUT2D eigenvalue weighted by atomic mass is 10.2. The van der Waals surface area contributed by atoms with Crippen LogP contribution in [0.25, 0.3) is 0 Å². The van der Waals surface area contributed by atoms with Crippen LogP contribution in [0.15, 0.2) is 0 Å². The highest BCUT2D eigenvalue weighted by Crippen LogP contribution is 1.87. The third-order valence-corrected chi connectivity index (χ3v) is 1.43. The molecule has 0 saturated heterocycles. The Morgan fingerprint density at radius 2 is 2.00 bits per heavy atom. The summed E-state index contributed by atoms with van der Waals surface area (Å²) >= 11 is 0. The van der Waals surface area contributed by atoms with Crippen LogP contribution in [0.3, 0.4) is 0 Å². The summed E-state index contributed by atoms with van der Waals surface area (Å²) in [6.07, 6.45) is -0.459. The number of hydrogen-bond acceptors (Lipinski definition) is 4. The van der Waals surface area contributed by atoms with E-state index in [9.17, 15) is 14.4 Å². The Kier molecular flexibility index (Phi) is 5.23. The summed E-state index contributed by atoms with van der Waals surface area (Å²) in [5.41, 5.74) is 5.22. The molecule has 2 amide bonds. The standard InChI is InChI=1S/C7H13N3O4/c1-9-5(11)3-10-7(14)4(8)2-6(12)13/h4H,2-3,8H2,1H3,(H,9,11)(H,10,14)(H,12,13). The molecule has 0 radical (unpaired) electrons. The van der Waals surface area contributed by atoms with Gasteiger partial charge in [0.05, 0.1) is 19.0 Å². The minimum atomic E-state index is -1.16. The van der Waals surface area contributed by atoms with E-state index in [2.05, 4.69) is 10.6 Å². The van der Waals surface area contributed by atoms with Gasteiger partial charge in [-0.25, -0.2) is 0 Å². The van der Waals surface area contributed by atoms with Crippen molar-refractivity contribution in [2.45, 2.75) is 12.5 Å². The van der Waals surface area contributed by atoms with E-state index in [-0.39, 0.29) is 12.5 Å². The van der Waals surface area contributed by atoms with E-state index in [4.69, 9.17) is 10.8 Å². The third-order valence-electron chi connectivity index (χ3n) is 1.43. The van der Waals surface area contributed by atoms with Crippen LogP contribution in [-0.4, -0.2) is 42.5 Å². The van der Waals surface area contributed by atoms with Crippen molar-refractivity contribution in [2.24, 2.45) is 5.73 Å². The van der Waals surface area contributed by atoms with Crippen LogP contribution >= 0.6 is 0 Å². The molecule has 7 heteroatoms. The summed E-state index contributed by atoms with van der Waals surface area (Å²) in [7, 11) is 1.42. The average molecular weight is 203 g/mol. The molecule has 1 unspecified atom stereocenters. The second-order valence-corrected chi connectivity index (χ2v) is 2.60. The summed E-state index contributed by atoms with van der Waals surface area (Å²) in [6.45, 7) is -0.206. The van der Waals surface area contributed by atoms with Gasteiger partial charge in [0.1, 0.15) is 0 Å². The first-order valence-electron chi connectivity index (χ1n) is 3.93. The number of carbonyl (C=O) groups is 3. The van der Waals surface area contributed by atoms with Gasteiger partial charge in [-0.15, -0.1) is 0 Å². The van der Waals surface area contributed by atoms with Gasteiger partial charge >= 0.3 is 5.97 Å². The fourth-order valence-corrected chi connectivity index (χ4v) is 0.668. The number of nitrogens with one attached hydrogen (secondary N) is 2. The molecule has 0 saturated carbocycles. The number of amides is 2. The van der Waals surface area contributed by atoms with Crippen molar-refractivity contribution in [1.82, 2.24) is 10.6 Å². The van der Waals surface area contributed by atoms with Crippen LogP contribution in [0.4, 0.5) is 0 Å². The maximum atomic E-state index is 11.0.